The van der Waals surface area contributed by atoms with Crippen LogP contribution in [-0.4, -0.2) is 23.9 Å². The molecule has 0 N–H and O–H groups in total. The van der Waals surface area contributed by atoms with Crippen LogP contribution in [0.3, 0.4) is 0 Å². The number of benzene rings is 3. The van der Waals surface area contributed by atoms with Gasteiger partial charge in [0.15, 0.2) is 17.2 Å². The monoisotopic (exact) mass is 620 g/mol. The summed E-state index contributed by atoms with van der Waals surface area (Å²) in [5.41, 5.74) is 1.71. The summed E-state index contributed by atoms with van der Waals surface area (Å²) >= 11 is 13.0. The number of nitrogens with zero attached hydrogens (tertiary/aromatic N) is 2. The predicted octanol–water partition coefficient (Wildman–Crippen LogP) is 6.71. The average Bonchev–Trinajstić information content (AvgIpc) is 3.18. The summed E-state index contributed by atoms with van der Waals surface area (Å²) in [6.45, 7) is 0.332. The summed E-state index contributed by atoms with van der Waals surface area (Å²) in [5.74, 6) is 0.243. The van der Waals surface area contributed by atoms with E-state index in [1.807, 2.05) is 24.3 Å². The van der Waals surface area contributed by atoms with Crippen LogP contribution in [0, 0.1) is 10.1 Å². The van der Waals surface area contributed by atoms with Crippen molar-refractivity contribution in [3.63, 3.8) is 0 Å². The molecule has 4 rings (SSSR count). The number of non-ortho nitro benzene ring substituents is 1. The molecule has 0 saturated carbocycles. The zero-order valence-corrected chi connectivity index (χ0v) is 21.9. The molecule has 0 amide bonds. The van der Waals surface area contributed by atoms with E-state index in [0.29, 0.717) is 28.1 Å². The Hall–Kier alpha value is -3.21. The Bertz CT molecular complexity index is 1390. The van der Waals surface area contributed by atoms with Gasteiger partial charge >= 0.3 is 5.97 Å². The van der Waals surface area contributed by atoms with Gasteiger partial charge in [-0.05, 0) is 63.5 Å². The fourth-order valence-corrected chi connectivity index (χ4v) is 4.27. The second-order valence-electron chi connectivity index (χ2n) is 7.21. The van der Waals surface area contributed by atoms with E-state index < -0.39 is 10.9 Å². The molecule has 0 aliphatic carbocycles. The number of halogens is 3. The molecule has 1 aliphatic heterocycles. The topological polar surface area (TPSA) is 100 Å². The van der Waals surface area contributed by atoms with Crippen molar-refractivity contribution in [3.05, 3.63) is 101 Å². The number of nitro groups is 1. The molecule has 3 aromatic carbocycles. The first kappa shape index (κ1) is 24.9. The highest BCUT2D eigenvalue weighted by Gasteiger charge is 2.27. The molecule has 178 valence electrons. The minimum atomic E-state index is -0.680. The van der Waals surface area contributed by atoms with Crippen LogP contribution in [0.4, 0.5) is 5.69 Å². The quantitative estimate of drug-likeness (QED) is 0.126. The van der Waals surface area contributed by atoms with Crippen molar-refractivity contribution < 1.29 is 23.9 Å². The third-order valence-electron chi connectivity index (χ3n) is 4.87. The summed E-state index contributed by atoms with van der Waals surface area (Å²) in [7, 11) is 1.52. The zero-order valence-electron chi connectivity index (χ0n) is 18.0. The van der Waals surface area contributed by atoms with Gasteiger partial charge in [-0.15, -0.1) is 0 Å². The summed E-state index contributed by atoms with van der Waals surface area (Å²) in [5, 5.41) is 11.0. The molecule has 11 heteroatoms. The van der Waals surface area contributed by atoms with Gasteiger partial charge in [-0.2, -0.15) is 0 Å². The highest BCUT2D eigenvalue weighted by Crippen LogP contribution is 2.38. The molecule has 1 heterocycles. The molecule has 0 atom stereocenters. The highest BCUT2D eigenvalue weighted by molar-refractivity contribution is 9.10. The number of hydrogen-bond donors (Lipinski definition) is 0. The van der Waals surface area contributed by atoms with Crippen molar-refractivity contribution in [1.29, 1.82) is 0 Å². The minimum Gasteiger partial charge on any atom is -0.493 e. The molecular weight excluding hydrogens is 608 g/mol. The van der Waals surface area contributed by atoms with E-state index >= 15 is 0 Å². The van der Waals surface area contributed by atoms with Crippen LogP contribution >= 0.6 is 43.5 Å². The molecule has 0 fully saturated rings. The number of carbonyl (C=O) groups excluding carboxylic acids is 1. The van der Waals surface area contributed by atoms with E-state index in [1.54, 1.807) is 12.1 Å². The van der Waals surface area contributed by atoms with Gasteiger partial charge in [0.2, 0.25) is 5.90 Å². The second kappa shape index (κ2) is 10.6. The van der Waals surface area contributed by atoms with Gasteiger partial charge in [0, 0.05) is 16.6 Å². The first-order valence-corrected chi connectivity index (χ1v) is 11.9. The second-order valence-corrected chi connectivity index (χ2v) is 9.38. The zero-order chi connectivity index (χ0) is 25.1. The first-order chi connectivity index (χ1) is 16.7. The van der Waals surface area contributed by atoms with Crippen molar-refractivity contribution in [3.8, 4) is 11.5 Å². The summed E-state index contributed by atoms with van der Waals surface area (Å²) < 4.78 is 18.3. The van der Waals surface area contributed by atoms with Gasteiger partial charge in [-0.25, -0.2) is 9.79 Å². The number of esters is 1. The molecule has 0 radical (unpaired) electrons. The van der Waals surface area contributed by atoms with E-state index in [0.717, 1.165) is 10.0 Å². The maximum absolute atomic E-state index is 12.4. The van der Waals surface area contributed by atoms with Crippen molar-refractivity contribution >= 4 is 67.1 Å². The van der Waals surface area contributed by atoms with Crippen LogP contribution in [0.2, 0.25) is 5.02 Å². The highest BCUT2D eigenvalue weighted by atomic mass is 79.9. The van der Waals surface area contributed by atoms with Crippen LogP contribution < -0.4 is 9.47 Å². The van der Waals surface area contributed by atoms with Crippen LogP contribution in [0.1, 0.15) is 16.7 Å². The summed E-state index contributed by atoms with van der Waals surface area (Å²) in [4.78, 5) is 27.0. The van der Waals surface area contributed by atoms with E-state index in [-0.39, 0.29) is 27.9 Å². The summed E-state index contributed by atoms with van der Waals surface area (Å²) in [6.07, 6.45) is 1.53. The molecule has 0 bridgehead atoms. The molecule has 0 unspecified atom stereocenters. The SMILES string of the molecule is COc1cc(/C=C2\N=C(c3ccc([N+](=O)[O-])cc3Cl)OC2=O)cc(Br)c1OCc1ccc(Br)cc1. The molecule has 0 aromatic heterocycles. The molecule has 0 spiro atoms. The van der Waals surface area contributed by atoms with Gasteiger partial charge in [-0.3, -0.25) is 10.1 Å². The number of nitro benzene ring substituents is 1. The van der Waals surface area contributed by atoms with E-state index in [9.17, 15) is 14.9 Å². The maximum atomic E-state index is 12.4. The van der Waals surface area contributed by atoms with E-state index in [1.165, 1.54) is 31.4 Å². The number of rotatable bonds is 7. The van der Waals surface area contributed by atoms with Crippen LogP contribution in [0.15, 0.2) is 74.2 Å². The number of carbonyl (C=O) groups is 1. The lowest BCUT2D eigenvalue weighted by Gasteiger charge is -2.14. The van der Waals surface area contributed by atoms with Gasteiger partial charge in [0.1, 0.15) is 6.61 Å². The number of methoxy groups -OCH3 is 1. The largest absolute Gasteiger partial charge is 0.493 e. The lowest BCUT2D eigenvalue weighted by Crippen LogP contribution is -2.06. The Kier molecular flexibility index (Phi) is 7.54. The molecule has 1 aliphatic rings. The van der Waals surface area contributed by atoms with Gasteiger partial charge in [-0.1, -0.05) is 39.7 Å². The lowest BCUT2D eigenvalue weighted by molar-refractivity contribution is -0.384. The summed E-state index contributed by atoms with van der Waals surface area (Å²) in [6, 6.07) is 15.0. The maximum Gasteiger partial charge on any atom is 0.363 e. The Morgan fingerprint density at radius 1 is 1.14 bits per heavy atom. The number of ether oxygens (including phenoxy) is 3. The molecule has 35 heavy (non-hydrogen) atoms. The van der Waals surface area contributed by atoms with Crippen molar-refractivity contribution in [2.75, 3.05) is 7.11 Å². The molecule has 3 aromatic rings. The van der Waals surface area contributed by atoms with Crippen LogP contribution in [0.5, 0.6) is 11.5 Å². The standard InChI is InChI=1S/C24H15Br2ClN2O6/c1-33-21-10-14(8-18(26)22(21)34-12-13-2-4-15(25)5-3-13)9-20-24(30)35-23(28-20)17-7-6-16(29(31)32)11-19(17)27/h2-11H,12H2,1H3/b20-9-. The predicted molar refractivity (Wildman–Crippen MR) is 138 cm³/mol. The third-order valence-corrected chi connectivity index (χ3v) is 6.30. The fraction of sp³-hybridized carbons (Fsp3) is 0.0833. The van der Waals surface area contributed by atoms with E-state index in [2.05, 4.69) is 36.9 Å². The Labute approximate surface area is 221 Å². The van der Waals surface area contributed by atoms with Crippen LogP contribution in [-0.2, 0) is 16.1 Å². The molecule has 8 nitrogen and oxygen atoms in total. The van der Waals surface area contributed by atoms with Crippen molar-refractivity contribution in [2.45, 2.75) is 6.61 Å². The average molecular weight is 623 g/mol. The van der Waals surface area contributed by atoms with Gasteiger partial charge in [0.25, 0.3) is 5.69 Å². The van der Waals surface area contributed by atoms with Crippen LogP contribution in [0.25, 0.3) is 6.08 Å². The third kappa shape index (κ3) is 5.72. The van der Waals surface area contributed by atoms with Gasteiger partial charge < -0.3 is 14.2 Å². The van der Waals surface area contributed by atoms with Crippen molar-refractivity contribution in [2.24, 2.45) is 4.99 Å². The Morgan fingerprint density at radius 3 is 2.54 bits per heavy atom. The van der Waals surface area contributed by atoms with Gasteiger partial charge in [0.05, 0.1) is 27.1 Å². The number of cyclic esters (lactones) is 1. The first-order valence-electron chi connectivity index (χ1n) is 9.97. The smallest absolute Gasteiger partial charge is 0.363 e. The molecular formula is C24H15Br2ClN2O6. The van der Waals surface area contributed by atoms with Crippen molar-refractivity contribution in [1.82, 2.24) is 0 Å². The normalized spacial score (nSPS) is 14.0. The van der Waals surface area contributed by atoms with E-state index in [4.69, 9.17) is 25.8 Å². The number of hydrogen-bond acceptors (Lipinski definition) is 7. The Morgan fingerprint density at radius 2 is 1.89 bits per heavy atom. The lowest BCUT2D eigenvalue weighted by atomic mass is 10.1. The fourth-order valence-electron chi connectivity index (χ4n) is 3.17. The minimum absolute atomic E-state index is 0.0342. The Balaban J connectivity index is 1.59. The molecule has 0 saturated heterocycles. The number of aliphatic imine (C=N–C) groups is 1.